The minimum absolute atomic E-state index is 0.330. The molecule has 5 heterocycles. The van der Waals surface area contributed by atoms with E-state index in [1.165, 1.54) is 4.57 Å². The maximum Gasteiger partial charge on any atom is 0.256 e. The van der Waals surface area contributed by atoms with Gasteiger partial charge >= 0.3 is 0 Å². The highest BCUT2D eigenvalue weighted by molar-refractivity contribution is 5.85. The third-order valence-corrected chi connectivity index (χ3v) is 5.90. The molecule has 1 aliphatic rings. The predicted molar refractivity (Wildman–Crippen MR) is 115 cm³/mol. The van der Waals surface area contributed by atoms with Gasteiger partial charge in [-0.15, -0.1) is 5.10 Å². The van der Waals surface area contributed by atoms with Crippen molar-refractivity contribution < 1.29 is 13.2 Å². The number of piperidine rings is 1. The fourth-order valence-electron chi connectivity index (χ4n) is 4.23. The van der Waals surface area contributed by atoms with Gasteiger partial charge in [0.05, 0.1) is 29.8 Å². The molecule has 0 unspecified atom stereocenters. The van der Waals surface area contributed by atoms with Crippen molar-refractivity contribution in [2.45, 2.75) is 38.5 Å². The first-order valence-corrected chi connectivity index (χ1v) is 10.4. The van der Waals surface area contributed by atoms with Crippen LogP contribution in [0.3, 0.4) is 0 Å². The summed E-state index contributed by atoms with van der Waals surface area (Å²) >= 11 is 0. The van der Waals surface area contributed by atoms with Crippen LogP contribution in [0.4, 0.5) is 19.1 Å². The van der Waals surface area contributed by atoms with Crippen LogP contribution in [0.1, 0.15) is 12.2 Å². The number of nitrogens with one attached hydrogen (secondary N) is 1. The zero-order valence-electron chi connectivity index (χ0n) is 17.7. The summed E-state index contributed by atoms with van der Waals surface area (Å²) in [4.78, 5) is 15.0. The Labute approximate surface area is 182 Å². The number of alkyl halides is 3. The van der Waals surface area contributed by atoms with Crippen LogP contribution in [-0.2, 0) is 6.54 Å². The van der Waals surface area contributed by atoms with Crippen molar-refractivity contribution in [2.75, 3.05) is 25.5 Å². The number of rotatable bonds is 5. The van der Waals surface area contributed by atoms with E-state index in [-0.39, 0.29) is 6.04 Å². The van der Waals surface area contributed by atoms with E-state index in [9.17, 15) is 13.2 Å². The van der Waals surface area contributed by atoms with E-state index in [0.717, 1.165) is 23.2 Å². The molecule has 1 aliphatic heterocycles. The summed E-state index contributed by atoms with van der Waals surface area (Å²) in [6, 6.07) is 3.34. The van der Waals surface area contributed by atoms with Crippen LogP contribution in [0.5, 0.6) is 0 Å². The second-order valence-corrected chi connectivity index (χ2v) is 8.19. The Hall–Kier alpha value is -3.21. The SMILES string of the molecule is Cc1nc2ncc(-c3ccn4nc(N[C@H]5CCN(C)C[C@@H]5F)ncc34)cc2n1CC(F)F. The number of aryl methyl sites for hydroxylation is 1. The van der Waals surface area contributed by atoms with Crippen LogP contribution in [0, 0.1) is 6.92 Å². The molecule has 0 aromatic carbocycles. The second-order valence-electron chi connectivity index (χ2n) is 8.19. The van der Waals surface area contributed by atoms with Crippen molar-refractivity contribution in [3.63, 3.8) is 0 Å². The molecular weight excluding hydrogens is 421 g/mol. The van der Waals surface area contributed by atoms with Crippen molar-refractivity contribution in [3.8, 4) is 11.1 Å². The van der Waals surface area contributed by atoms with Crippen molar-refractivity contribution in [3.05, 3.63) is 36.5 Å². The van der Waals surface area contributed by atoms with E-state index in [4.69, 9.17) is 0 Å². The monoisotopic (exact) mass is 444 g/mol. The Kier molecular flexibility index (Phi) is 5.20. The molecule has 1 N–H and O–H groups in total. The molecule has 2 atom stereocenters. The van der Waals surface area contributed by atoms with Gasteiger partial charge in [-0.1, -0.05) is 0 Å². The minimum Gasteiger partial charge on any atom is -0.347 e. The van der Waals surface area contributed by atoms with E-state index >= 15 is 0 Å². The lowest BCUT2D eigenvalue weighted by atomic mass is 10.0. The minimum atomic E-state index is -2.49. The quantitative estimate of drug-likeness (QED) is 0.510. The number of nitrogens with zero attached hydrogens (tertiary/aromatic N) is 7. The fraction of sp³-hybridized carbons (Fsp3) is 0.429. The molecule has 5 rings (SSSR count). The fourth-order valence-corrected chi connectivity index (χ4v) is 4.23. The first kappa shape index (κ1) is 20.7. The van der Waals surface area contributed by atoms with Crippen LogP contribution in [0.15, 0.2) is 30.7 Å². The lowest BCUT2D eigenvalue weighted by Crippen LogP contribution is -2.46. The summed E-state index contributed by atoms with van der Waals surface area (Å²) in [5.41, 5.74) is 3.27. The van der Waals surface area contributed by atoms with Gasteiger partial charge in [-0.3, -0.25) is 0 Å². The molecular formula is C21H23F3N8. The second kappa shape index (κ2) is 8.05. The van der Waals surface area contributed by atoms with Crippen LogP contribution in [-0.4, -0.2) is 72.8 Å². The topological polar surface area (TPSA) is 76.2 Å². The molecule has 0 spiro atoms. The van der Waals surface area contributed by atoms with Gasteiger partial charge in [0.2, 0.25) is 5.95 Å². The van der Waals surface area contributed by atoms with E-state index in [1.807, 2.05) is 18.0 Å². The number of pyridine rings is 1. The summed E-state index contributed by atoms with van der Waals surface area (Å²) in [5, 5.41) is 7.57. The lowest BCUT2D eigenvalue weighted by molar-refractivity contribution is 0.127. The highest BCUT2D eigenvalue weighted by Crippen LogP contribution is 2.28. The number of fused-ring (bicyclic) bond motifs is 2. The van der Waals surface area contributed by atoms with Crippen LogP contribution in [0.25, 0.3) is 27.8 Å². The van der Waals surface area contributed by atoms with Crippen LogP contribution < -0.4 is 5.32 Å². The van der Waals surface area contributed by atoms with Crippen molar-refractivity contribution in [2.24, 2.45) is 0 Å². The Morgan fingerprint density at radius 2 is 2.06 bits per heavy atom. The average molecular weight is 444 g/mol. The van der Waals surface area contributed by atoms with E-state index < -0.39 is 19.1 Å². The van der Waals surface area contributed by atoms with Gasteiger partial charge in [0.1, 0.15) is 12.0 Å². The average Bonchev–Trinajstić information content (AvgIpc) is 3.30. The largest absolute Gasteiger partial charge is 0.347 e. The first-order chi connectivity index (χ1) is 15.4. The Morgan fingerprint density at radius 3 is 2.84 bits per heavy atom. The van der Waals surface area contributed by atoms with Gasteiger partial charge in [0.25, 0.3) is 6.43 Å². The maximum absolute atomic E-state index is 14.3. The van der Waals surface area contributed by atoms with Crippen molar-refractivity contribution in [1.29, 1.82) is 0 Å². The van der Waals surface area contributed by atoms with Crippen molar-refractivity contribution in [1.82, 2.24) is 34.0 Å². The first-order valence-electron chi connectivity index (χ1n) is 10.4. The molecule has 4 aromatic heterocycles. The predicted octanol–water partition coefficient (Wildman–Crippen LogP) is 3.17. The molecule has 0 saturated carbocycles. The Morgan fingerprint density at radius 1 is 1.22 bits per heavy atom. The molecule has 168 valence electrons. The summed E-state index contributed by atoms with van der Waals surface area (Å²) in [6.07, 6.45) is 2.30. The van der Waals surface area contributed by atoms with Crippen molar-refractivity contribution >= 4 is 22.6 Å². The normalized spacial score (nSPS) is 19.9. The number of halogens is 3. The van der Waals surface area contributed by atoms with Gasteiger partial charge in [-0.25, -0.2) is 32.6 Å². The van der Waals surface area contributed by atoms with Crippen LogP contribution >= 0.6 is 0 Å². The number of hydrogen-bond donors (Lipinski definition) is 1. The summed E-state index contributed by atoms with van der Waals surface area (Å²) in [6.45, 7) is 2.44. The molecule has 0 bridgehead atoms. The molecule has 4 aromatic rings. The number of hydrogen-bond acceptors (Lipinski definition) is 6. The van der Waals surface area contributed by atoms with Gasteiger partial charge < -0.3 is 14.8 Å². The highest BCUT2D eigenvalue weighted by Gasteiger charge is 2.28. The summed E-state index contributed by atoms with van der Waals surface area (Å²) < 4.78 is 43.5. The van der Waals surface area contributed by atoms with E-state index in [2.05, 4.69) is 25.4 Å². The molecule has 1 fully saturated rings. The van der Waals surface area contributed by atoms with Gasteiger partial charge in [-0.2, -0.15) is 0 Å². The molecule has 0 amide bonds. The smallest absolute Gasteiger partial charge is 0.256 e. The van der Waals surface area contributed by atoms with Crippen LogP contribution in [0.2, 0.25) is 0 Å². The number of imidazole rings is 1. The van der Waals surface area contributed by atoms with E-state index in [1.54, 1.807) is 36.1 Å². The number of likely N-dealkylation sites (tertiary alicyclic amines) is 1. The molecule has 8 nitrogen and oxygen atoms in total. The third kappa shape index (κ3) is 3.77. The molecule has 1 saturated heterocycles. The van der Waals surface area contributed by atoms with E-state index in [0.29, 0.717) is 35.9 Å². The maximum atomic E-state index is 14.3. The molecule has 0 aliphatic carbocycles. The summed E-state index contributed by atoms with van der Waals surface area (Å²) in [5.74, 6) is 0.849. The molecule has 0 radical (unpaired) electrons. The van der Waals surface area contributed by atoms with Gasteiger partial charge in [-0.05, 0) is 32.5 Å². The van der Waals surface area contributed by atoms with Gasteiger partial charge in [0, 0.05) is 36.6 Å². The number of aromatic nitrogens is 6. The zero-order chi connectivity index (χ0) is 22.4. The zero-order valence-corrected chi connectivity index (χ0v) is 17.7. The van der Waals surface area contributed by atoms with Gasteiger partial charge in [0.15, 0.2) is 5.65 Å². The molecule has 11 heteroatoms. The lowest BCUT2D eigenvalue weighted by Gasteiger charge is -2.32. The third-order valence-electron chi connectivity index (χ3n) is 5.90. The standard InChI is InChI=1S/C21H23F3N8/c1-12-27-20-17(31(12)11-19(23)24)7-13(8-25-20)14-3-6-32-18(14)9-26-21(29-32)28-16-4-5-30(2)10-15(16)22/h3,6-9,15-16,19H,4-5,10-11H2,1-2H3,(H,28,29)/t15-,16-/m0/s1. The highest BCUT2D eigenvalue weighted by atomic mass is 19.3. The summed E-state index contributed by atoms with van der Waals surface area (Å²) in [7, 11) is 1.90. The Balaban J connectivity index is 1.45. The Bertz CT molecular complexity index is 1270. The molecule has 32 heavy (non-hydrogen) atoms. The number of anilines is 1.